The SMILES string of the molecule is COc1ccc(CCC(=O)NCCc2cnc(-c3ccc(OC)cc3)[nH]2)cc1. The number of nitrogens with one attached hydrogen (secondary N) is 2. The Morgan fingerprint density at radius 3 is 2.25 bits per heavy atom. The molecule has 28 heavy (non-hydrogen) atoms. The van der Waals surface area contributed by atoms with E-state index in [2.05, 4.69) is 15.3 Å². The van der Waals surface area contributed by atoms with Crippen molar-refractivity contribution >= 4 is 5.91 Å². The first-order chi connectivity index (χ1) is 13.7. The van der Waals surface area contributed by atoms with Crippen molar-refractivity contribution in [3.05, 3.63) is 66.0 Å². The first kappa shape index (κ1) is 19.5. The number of H-pyrrole nitrogens is 1. The summed E-state index contributed by atoms with van der Waals surface area (Å²) in [5.41, 5.74) is 3.10. The van der Waals surface area contributed by atoms with E-state index in [4.69, 9.17) is 9.47 Å². The largest absolute Gasteiger partial charge is 0.497 e. The summed E-state index contributed by atoms with van der Waals surface area (Å²) in [6, 6.07) is 15.5. The maximum Gasteiger partial charge on any atom is 0.220 e. The second kappa shape index (κ2) is 9.60. The molecule has 0 bridgehead atoms. The van der Waals surface area contributed by atoms with E-state index in [1.807, 2.05) is 54.7 Å². The van der Waals surface area contributed by atoms with Crippen molar-refractivity contribution in [2.45, 2.75) is 19.3 Å². The zero-order valence-electron chi connectivity index (χ0n) is 16.2. The molecule has 1 heterocycles. The van der Waals surface area contributed by atoms with Gasteiger partial charge in [-0.05, 0) is 48.4 Å². The number of imidazole rings is 1. The van der Waals surface area contributed by atoms with Gasteiger partial charge in [0.25, 0.3) is 0 Å². The van der Waals surface area contributed by atoms with Gasteiger partial charge in [-0.3, -0.25) is 4.79 Å². The zero-order valence-corrected chi connectivity index (χ0v) is 16.2. The third-order valence-corrected chi connectivity index (χ3v) is 4.51. The average molecular weight is 379 g/mol. The van der Waals surface area contributed by atoms with Crippen LogP contribution in [0, 0.1) is 0 Å². The van der Waals surface area contributed by atoms with Crippen molar-refractivity contribution in [2.24, 2.45) is 0 Å². The van der Waals surface area contributed by atoms with Crippen molar-refractivity contribution in [1.82, 2.24) is 15.3 Å². The van der Waals surface area contributed by atoms with Crippen LogP contribution in [0.5, 0.6) is 11.5 Å². The summed E-state index contributed by atoms with van der Waals surface area (Å²) in [5.74, 6) is 2.49. The Labute approximate surface area is 164 Å². The Morgan fingerprint density at radius 1 is 0.964 bits per heavy atom. The number of aryl methyl sites for hydroxylation is 1. The summed E-state index contributed by atoms with van der Waals surface area (Å²) < 4.78 is 10.3. The van der Waals surface area contributed by atoms with Crippen molar-refractivity contribution in [1.29, 1.82) is 0 Å². The Kier molecular flexibility index (Phi) is 6.68. The summed E-state index contributed by atoms with van der Waals surface area (Å²) in [4.78, 5) is 19.7. The van der Waals surface area contributed by atoms with E-state index in [0.29, 0.717) is 25.8 Å². The molecule has 0 unspecified atom stereocenters. The molecule has 0 aliphatic rings. The second-order valence-electron chi connectivity index (χ2n) is 6.43. The Hall–Kier alpha value is -3.28. The average Bonchev–Trinajstić information content (AvgIpc) is 3.21. The smallest absolute Gasteiger partial charge is 0.220 e. The molecule has 1 aromatic heterocycles. The van der Waals surface area contributed by atoms with E-state index >= 15 is 0 Å². The van der Waals surface area contributed by atoms with E-state index in [0.717, 1.165) is 34.1 Å². The van der Waals surface area contributed by atoms with E-state index < -0.39 is 0 Å². The van der Waals surface area contributed by atoms with Crippen LogP contribution in [-0.2, 0) is 17.6 Å². The number of methoxy groups -OCH3 is 2. The Balaban J connectivity index is 1.41. The molecule has 0 atom stereocenters. The highest BCUT2D eigenvalue weighted by Gasteiger charge is 2.06. The maximum absolute atomic E-state index is 12.0. The van der Waals surface area contributed by atoms with E-state index in [1.54, 1.807) is 14.2 Å². The lowest BCUT2D eigenvalue weighted by molar-refractivity contribution is -0.121. The van der Waals surface area contributed by atoms with Gasteiger partial charge >= 0.3 is 0 Å². The number of rotatable bonds is 9. The number of hydrogen-bond acceptors (Lipinski definition) is 4. The number of carbonyl (C=O) groups excluding carboxylic acids is 1. The minimum atomic E-state index is 0.0470. The summed E-state index contributed by atoms with van der Waals surface area (Å²) in [5, 5.41) is 2.96. The molecule has 0 fully saturated rings. The number of aromatic nitrogens is 2. The molecular weight excluding hydrogens is 354 g/mol. The van der Waals surface area contributed by atoms with Gasteiger partial charge in [-0.25, -0.2) is 4.98 Å². The van der Waals surface area contributed by atoms with Gasteiger partial charge in [0.1, 0.15) is 17.3 Å². The normalized spacial score (nSPS) is 10.5. The molecule has 6 heteroatoms. The molecule has 2 N–H and O–H groups in total. The number of amides is 1. The Bertz CT molecular complexity index is 886. The van der Waals surface area contributed by atoms with E-state index in [9.17, 15) is 4.79 Å². The van der Waals surface area contributed by atoms with Gasteiger partial charge in [0.2, 0.25) is 5.91 Å². The molecule has 0 saturated heterocycles. The van der Waals surface area contributed by atoms with Gasteiger partial charge in [0.05, 0.1) is 14.2 Å². The maximum atomic E-state index is 12.0. The molecule has 146 valence electrons. The van der Waals surface area contributed by atoms with Crippen LogP contribution in [0.4, 0.5) is 0 Å². The summed E-state index contributed by atoms with van der Waals surface area (Å²) in [6.45, 7) is 0.575. The van der Waals surface area contributed by atoms with Crippen molar-refractivity contribution in [3.63, 3.8) is 0 Å². The van der Waals surface area contributed by atoms with E-state index in [-0.39, 0.29) is 5.91 Å². The molecule has 0 radical (unpaired) electrons. The molecule has 3 aromatic rings. The van der Waals surface area contributed by atoms with Gasteiger partial charge in [-0.2, -0.15) is 0 Å². The highest BCUT2D eigenvalue weighted by molar-refractivity contribution is 5.76. The predicted molar refractivity (Wildman–Crippen MR) is 109 cm³/mol. The topological polar surface area (TPSA) is 76.2 Å². The van der Waals surface area contributed by atoms with Crippen LogP contribution in [0.25, 0.3) is 11.4 Å². The number of nitrogens with zero attached hydrogens (tertiary/aromatic N) is 1. The molecule has 0 aliphatic carbocycles. The first-order valence-electron chi connectivity index (χ1n) is 9.26. The molecule has 0 aliphatic heterocycles. The van der Waals surface area contributed by atoms with Gasteiger partial charge in [-0.1, -0.05) is 12.1 Å². The summed E-state index contributed by atoms with van der Waals surface area (Å²) in [7, 11) is 3.29. The first-order valence-corrected chi connectivity index (χ1v) is 9.26. The lowest BCUT2D eigenvalue weighted by atomic mass is 10.1. The molecule has 6 nitrogen and oxygen atoms in total. The van der Waals surface area contributed by atoms with Crippen LogP contribution in [-0.4, -0.2) is 36.6 Å². The van der Waals surface area contributed by atoms with Crippen LogP contribution in [0.3, 0.4) is 0 Å². The number of aromatic amines is 1. The van der Waals surface area contributed by atoms with E-state index in [1.165, 1.54) is 0 Å². The number of benzene rings is 2. The van der Waals surface area contributed by atoms with Gasteiger partial charge in [0, 0.05) is 36.8 Å². The third kappa shape index (κ3) is 5.36. The minimum Gasteiger partial charge on any atom is -0.497 e. The molecule has 1 amide bonds. The van der Waals surface area contributed by atoms with Crippen molar-refractivity contribution < 1.29 is 14.3 Å². The number of ether oxygens (including phenoxy) is 2. The highest BCUT2D eigenvalue weighted by atomic mass is 16.5. The fourth-order valence-electron chi connectivity index (χ4n) is 2.86. The zero-order chi connectivity index (χ0) is 19.8. The van der Waals surface area contributed by atoms with Gasteiger partial charge < -0.3 is 19.8 Å². The van der Waals surface area contributed by atoms with Gasteiger partial charge in [-0.15, -0.1) is 0 Å². The number of carbonyl (C=O) groups is 1. The van der Waals surface area contributed by atoms with Crippen LogP contribution in [0.1, 0.15) is 17.7 Å². The van der Waals surface area contributed by atoms with Gasteiger partial charge in [0.15, 0.2) is 0 Å². The second-order valence-corrected chi connectivity index (χ2v) is 6.43. The monoisotopic (exact) mass is 379 g/mol. The standard InChI is InChI=1S/C22H25N3O3/c1-27-19-8-3-16(4-9-19)5-12-21(26)23-14-13-18-15-24-22(25-18)17-6-10-20(28-2)11-7-17/h3-4,6-11,15H,5,12-14H2,1-2H3,(H,23,26)(H,24,25). The van der Waals surface area contributed by atoms with Crippen molar-refractivity contribution in [3.8, 4) is 22.9 Å². The molecule has 0 spiro atoms. The molecule has 0 saturated carbocycles. The lowest BCUT2D eigenvalue weighted by Crippen LogP contribution is -2.25. The number of hydrogen-bond donors (Lipinski definition) is 2. The summed E-state index contributed by atoms with van der Waals surface area (Å²) in [6.07, 6.45) is 3.69. The summed E-state index contributed by atoms with van der Waals surface area (Å²) >= 11 is 0. The van der Waals surface area contributed by atoms with Crippen LogP contribution in [0.15, 0.2) is 54.7 Å². The van der Waals surface area contributed by atoms with Crippen LogP contribution in [0.2, 0.25) is 0 Å². The predicted octanol–water partition coefficient (Wildman–Crippen LogP) is 3.39. The minimum absolute atomic E-state index is 0.0470. The third-order valence-electron chi connectivity index (χ3n) is 4.51. The fraction of sp³-hybridized carbons (Fsp3) is 0.273. The van der Waals surface area contributed by atoms with Crippen molar-refractivity contribution in [2.75, 3.05) is 20.8 Å². The molecule has 2 aromatic carbocycles. The highest BCUT2D eigenvalue weighted by Crippen LogP contribution is 2.19. The quantitative estimate of drug-likeness (QED) is 0.598. The van der Waals surface area contributed by atoms with Crippen LogP contribution >= 0.6 is 0 Å². The molecular formula is C22H25N3O3. The lowest BCUT2D eigenvalue weighted by Gasteiger charge is -2.05. The molecule has 3 rings (SSSR count). The fourth-order valence-corrected chi connectivity index (χ4v) is 2.86. The van der Waals surface area contributed by atoms with Crippen LogP contribution < -0.4 is 14.8 Å². The Morgan fingerprint density at radius 2 is 1.61 bits per heavy atom.